The van der Waals surface area contributed by atoms with Crippen LogP contribution in [0.25, 0.3) is 0 Å². The van der Waals surface area contributed by atoms with Crippen LogP contribution < -0.4 is 21.1 Å². The molecule has 0 saturated carbocycles. The summed E-state index contributed by atoms with van der Waals surface area (Å²) in [5.41, 5.74) is 7.09. The number of nitrogens with two attached hydrogens (primary N) is 1. The Morgan fingerprint density at radius 3 is 2.52 bits per heavy atom. The number of fused-ring (bicyclic) bond motifs is 1. The monoisotopic (exact) mass is 593 g/mol. The standard InChI is InChI=1S/C31H26Cl3N3O3/c1-2-4-19(32)14-23-17-31(26-15-21(34)7-12-27(26)40-24-10-8-22(35)9-11-24)29(30(39)36-23)25(16-28(38)37-31)18-5-3-6-20(33)13-18/h2-15,25,29H,1,16-17,35H2,(H,36,39)(H,37,38)/b19-4+,23-14+/t25?,29-,31?/m1/s1. The normalized spacial score (nSPS) is 23.7. The van der Waals surface area contributed by atoms with E-state index < -0.39 is 17.4 Å². The third-order valence-electron chi connectivity index (χ3n) is 7.13. The van der Waals surface area contributed by atoms with Crippen LogP contribution in [0.2, 0.25) is 10.0 Å². The Kier molecular flexibility index (Phi) is 7.95. The highest BCUT2D eigenvalue weighted by Crippen LogP contribution is 2.52. The molecule has 3 aromatic rings. The minimum absolute atomic E-state index is 0.102. The second-order valence-electron chi connectivity index (χ2n) is 9.80. The fourth-order valence-corrected chi connectivity index (χ4v) is 6.17. The van der Waals surface area contributed by atoms with E-state index in [-0.39, 0.29) is 24.7 Å². The average molecular weight is 595 g/mol. The van der Waals surface area contributed by atoms with Crippen LogP contribution in [0.3, 0.4) is 0 Å². The Bertz CT molecular complexity index is 1550. The molecule has 9 heteroatoms. The summed E-state index contributed by atoms with van der Waals surface area (Å²) in [7, 11) is 0. The zero-order chi connectivity index (χ0) is 28.4. The summed E-state index contributed by atoms with van der Waals surface area (Å²) in [6, 6.07) is 19.4. The topological polar surface area (TPSA) is 93.4 Å². The lowest BCUT2D eigenvalue weighted by Gasteiger charge is -2.51. The van der Waals surface area contributed by atoms with E-state index in [2.05, 4.69) is 17.2 Å². The number of piperidine rings is 2. The van der Waals surface area contributed by atoms with Gasteiger partial charge in [-0.25, -0.2) is 0 Å². The summed E-state index contributed by atoms with van der Waals surface area (Å²) in [6.45, 7) is 3.68. The Morgan fingerprint density at radius 1 is 1.05 bits per heavy atom. The van der Waals surface area contributed by atoms with Gasteiger partial charge in [-0.1, -0.05) is 59.6 Å². The van der Waals surface area contributed by atoms with Crippen LogP contribution >= 0.6 is 34.8 Å². The summed E-state index contributed by atoms with van der Waals surface area (Å²) in [5, 5.41) is 7.50. The van der Waals surface area contributed by atoms with E-state index in [1.165, 1.54) is 0 Å². The van der Waals surface area contributed by atoms with Crippen LogP contribution in [-0.2, 0) is 15.1 Å². The molecule has 6 nitrogen and oxygen atoms in total. The van der Waals surface area contributed by atoms with E-state index in [9.17, 15) is 9.59 Å². The van der Waals surface area contributed by atoms with Crippen LogP contribution in [0.4, 0.5) is 5.69 Å². The maximum Gasteiger partial charge on any atom is 0.230 e. The number of hydrogen-bond acceptors (Lipinski definition) is 4. The molecule has 0 aromatic heterocycles. The van der Waals surface area contributed by atoms with Gasteiger partial charge in [-0.2, -0.15) is 0 Å². The molecule has 2 aliphatic heterocycles. The Hall–Kier alpha value is -3.71. The van der Waals surface area contributed by atoms with Gasteiger partial charge in [-0.15, -0.1) is 0 Å². The van der Waals surface area contributed by atoms with E-state index in [0.29, 0.717) is 43.5 Å². The Morgan fingerprint density at radius 2 is 1.80 bits per heavy atom. The Balaban J connectivity index is 1.72. The summed E-state index contributed by atoms with van der Waals surface area (Å²) in [6.07, 6.45) is 5.13. The van der Waals surface area contributed by atoms with Gasteiger partial charge in [-0.3, -0.25) is 9.59 Å². The van der Waals surface area contributed by atoms with Crippen molar-refractivity contribution < 1.29 is 14.3 Å². The highest BCUT2D eigenvalue weighted by atomic mass is 35.5. The Labute approximate surface area is 247 Å². The molecule has 2 fully saturated rings. The van der Waals surface area contributed by atoms with E-state index in [1.54, 1.807) is 72.8 Å². The second kappa shape index (κ2) is 11.4. The van der Waals surface area contributed by atoms with Crippen molar-refractivity contribution in [3.05, 3.63) is 123 Å². The summed E-state index contributed by atoms with van der Waals surface area (Å²) in [5.74, 6) is -0.725. The molecular weight excluding hydrogens is 569 g/mol. The highest BCUT2D eigenvalue weighted by Gasteiger charge is 2.57. The molecule has 4 N–H and O–H groups in total. The lowest BCUT2D eigenvalue weighted by molar-refractivity contribution is -0.138. The van der Waals surface area contributed by atoms with Gasteiger partial charge >= 0.3 is 0 Å². The first-order chi connectivity index (χ1) is 19.2. The van der Waals surface area contributed by atoms with Gasteiger partial charge in [0, 0.05) is 50.8 Å². The zero-order valence-corrected chi connectivity index (χ0v) is 23.6. The smallest absolute Gasteiger partial charge is 0.230 e. The summed E-state index contributed by atoms with van der Waals surface area (Å²) >= 11 is 19.3. The molecule has 2 aliphatic rings. The van der Waals surface area contributed by atoms with Crippen LogP contribution in [0.15, 0.2) is 102 Å². The lowest BCUT2D eigenvalue weighted by Crippen LogP contribution is -2.64. The lowest BCUT2D eigenvalue weighted by atomic mass is 9.62. The van der Waals surface area contributed by atoms with Crippen molar-refractivity contribution in [2.45, 2.75) is 24.3 Å². The predicted molar refractivity (Wildman–Crippen MR) is 159 cm³/mol. The highest BCUT2D eigenvalue weighted by molar-refractivity contribution is 6.31. The molecule has 3 aromatic carbocycles. The average Bonchev–Trinajstić information content (AvgIpc) is 2.90. The molecule has 0 bridgehead atoms. The van der Waals surface area contributed by atoms with Gasteiger partial charge in [0.05, 0.1) is 11.5 Å². The maximum atomic E-state index is 14.0. The number of benzene rings is 3. The number of halogens is 3. The van der Waals surface area contributed by atoms with Gasteiger partial charge in [0.15, 0.2) is 0 Å². The van der Waals surface area contributed by atoms with Gasteiger partial charge < -0.3 is 21.1 Å². The number of anilines is 1. The zero-order valence-electron chi connectivity index (χ0n) is 21.3. The minimum atomic E-state index is -1.23. The quantitative estimate of drug-likeness (QED) is 0.208. The molecule has 2 unspecified atom stereocenters. The van der Waals surface area contributed by atoms with Crippen molar-refractivity contribution in [1.82, 2.24) is 10.6 Å². The number of carbonyl (C=O) groups is 2. The second-order valence-corrected chi connectivity index (χ2v) is 11.1. The fraction of sp³-hybridized carbons (Fsp3) is 0.161. The van der Waals surface area contributed by atoms with E-state index in [4.69, 9.17) is 45.3 Å². The molecule has 40 heavy (non-hydrogen) atoms. The maximum absolute atomic E-state index is 14.0. The van der Waals surface area contributed by atoms with Gasteiger partial charge in [0.1, 0.15) is 11.5 Å². The number of carbonyl (C=O) groups excluding carboxylic acids is 2. The van der Waals surface area contributed by atoms with E-state index in [0.717, 1.165) is 5.56 Å². The molecule has 2 heterocycles. The van der Waals surface area contributed by atoms with Gasteiger partial charge in [-0.05, 0) is 72.3 Å². The number of ether oxygens (including phenoxy) is 1. The van der Waals surface area contributed by atoms with Crippen molar-refractivity contribution >= 4 is 52.3 Å². The van der Waals surface area contributed by atoms with Crippen LogP contribution in [0, 0.1) is 5.92 Å². The van der Waals surface area contributed by atoms with Crippen molar-refractivity contribution in [3.8, 4) is 11.5 Å². The van der Waals surface area contributed by atoms with E-state index >= 15 is 0 Å². The fourth-order valence-electron chi connectivity index (χ4n) is 5.57. The minimum Gasteiger partial charge on any atom is -0.457 e. The molecule has 5 rings (SSSR count). The molecule has 2 amide bonds. The molecule has 2 saturated heterocycles. The van der Waals surface area contributed by atoms with Gasteiger partial charge in [0.2, 0.25) is 11.8 Å². The summed E-state index contributed by atoms with van der Waals surface area (Å²) < 4.78 is 6.31. The molecule has 0 spiro atoms. The van der Waals surface area contributed by atoms with Crippen molar-refractivity contribution in [3.63, 3.8) is 0 Å². The molecule has 0 radical (unpaired) electrons. The number of nitrogen functional groups attached to an aromatic ring is 1. The number of allylic oxidation sites excluding steroid dienone is 4. The third-order valence-corrected chi connectivity index (χ3v) is 7.84. The molecule has 204 valence electrons. The van der Waals surface area contributed by atoms with Crippen molar-refractivity contribution in [2.75, 3.05) is 5.73 Å². The predicted octanol–water partition coefficient (Wildman–Crippen LogP) is 7.20. The van der Waals surface area contributed by atoms with E-state index in [1.807, 2.05) is 12.1 Å². The molecule has 3 atom stereocenters. The van der Waals surface area contributed by atoms with Crippen LogP contribution in [-0.4, -0.2) is 11.8 Å². The summed E-state index contributed by atoms with van der Waals surface area (Å²) in [4.78, 5) is 27.5. The first-order valence-electron chi connectivity index (χ1n) is 12.6. The van der Waals surface area contributed by atoms with Crippen molar-refractivity contribution in [2.24, 2.45) is 5.92 Å². The van der Waals surface area contributed by atoms with Crippen LogP contribution in [0.1, 0.15) is 29.9 Å². The van der Waals surface area contributed by atoms with Gasteiger partial charge in [0.25, 0.3) is 0 Å². The first-order valence-corrected chi connectivity index (χ1v) is 13.7. The first kappa shape index (κ1) is 27.8. The van der Waals surface area contributed by atoms with Crippen LogP contribution in [0.5, 0.6) is 11.5 Å². The largest absolute Gasteiger partial charge is 0.457 e. The SMILES string of the molecule is C=C/C=C(Cl)\C=C1/CC2(c3cc(Cl)ccc3Oc3ccc(N)cc3)NC(=O)CC(c3cccc(Cl)c3)[C@@H]2C(=O)N1. The molecule has 0 aliphatic carbocycles. The number of nitrogens with one attached hydrogen (secondary N) is 2. The number of rotatable bonds is 6. The third kappa shape index (κ3) is 5.61. The molecular formula is C31H26Cl3N3O3. The van der Waals surface area contributed by atoms with Crippen molar-refractivity contribution in [1.29, 1.82) is 0 Å². The number of hydrogen-bond donors (Lipinski definition) is 3. The number of amides is 2.